The number of nitro groups is 1. The Morgan fingerprint density at radius 2 is 2.11 bits per heavy atom. The summed E-state index contributed by atoms with van der Waals surface area (Å²) in [6.07, 6.45) is 2.96. The highest BCUT2D eigenvalue weighted by Gasteiger charge is 2.26. The lowest BCUT2D eigenvalue weighted by molar-refractivity contribution is -0.386. The summed E-state index contributed by atoms with van der Waals surface area (Å²) in [5.41, 5.74) is -0.496. The molecule has 10 nitrogen and oxygen atoms in total. The molecular weight excluding hydrogens is 368 g/mol. The zero-order valence-electron chi connectivity index (χ0n) is 15.2. The molecule has 0 saturated heterocycles. The number of pyridine rings is 1. The normalized spacial score (nSPS) is 11.2. The maximum atomic E-state index is 12.7. The van der Waals surface area contributed by atoms with Crippen molar-refractivity contribution in [3.63, 3.8) is 0 Å². The number of anilines is 1. The number of nitriles is 1. The van der Waals surface area contributed by atoms with Gasteiger partial charge in [0.25, 0.3) is 5.91 Å². The molecule has 0 aliphatic heterocycles. The second kappa shape index (κ2) is 8.05. The van der Waals surface area contributed by atoms with Crippen LogP contribution in [0, 0.1) is 28.4 Å². The van der Waals surface area contributed by atoms with E-state index in [1.807, 2.05) is 0 Å². The van der Waals surface area contributed by atoms with E-state index >= 15 is 0 Å². The average Bonchev–Trinajstić information content (AvgIpc) is 2.68. The summed E-state index contributed by atoms with van der Waals surface area (Å²) in [6.45, 7) is 1.74. The number of amides is 1. The van der Waals surface area contributed by atoms with Gasteiger partial charge in [0.1, 0.15) is 11.8 Å². The number of nitrogens with zero attached hydrogens (tertiary/aromatic N) is 4. The van der Waals surface area contributed by atoms with E-state index < -0.39 is 33.6 Å². The first-order chi connectivity index (χ1) is 13.2. The SMILES string of the molecule is COc1cc(/C(O)=C(\C#N)C(=O)N(C)c2cnccc2C)cc([N+](=O)[O-])c1O. The maximum Gasteiger partial charge on any atom is 0.315 e. The third-order valence-corrected chi connectivity index (χ3v) is 3.98. The number of aromatic hydroxyl groups is 1. The van der Waals surface area contributed by atoms with Crippen molar-refractivity contribution in [1.82, 2.24) is 4.98 Å². The van der Waals surface area contributed by atoms with Crippen molar-refractivity contribution in [2.45, 2.75) is 6.92 Å². The van der Waals surface area contributed by atoms with Crippen LogP contribution in [-0.4, -0.2) is 40.2 Å². The molecule has 1 aromatic heterocycles. The average molecular weight is 384 g/mol. The molecule has 0 unspecified atom stereocenters. The number of hydrogen-bond acceptors (Lipinski definition) is 8. The Kier molecular flexibility index (Phi) is 5.80. The Morgan fingerprint density at radius 1 is 1.43 bits per heavy atom. The van der Waals surface area contributed by atoms with Crippen LogP contribution in [0.25, 0.3) is 5.76 Å². The van der Waals surface area contributed by atoms with Gasteiger partial charge >= 0.3 is 5.69 Å². The van der Waals surface area contributed by atoms with E-state index in [1.54, 1.807) is 19.1 Å². The number of nitro benzene ring substituents is 1. The molecule has 2 rings (SSSR count). The summed E-state index contributed by atoms with van der Waals surface area (Å²) in [4.78, 5) is 28.0. The van der Waals surface area contributed by atoms with Gasteiger partial charge in [-0.05, 0) is 24.6 Å². The highest BCUT2D eigenvalue weighted by atomic mass is 16.6. The number of rotatable bonds is 5. The quantitative estimate of drug-likeness (QED) is 0.262. The number of benzene rings is 1. The van der Waals surface area contributed by atoms with Crippen molar-refractivity contribution in [1.29, 1.82) is 5.26 Å². The van der Waals surface area contributed by atoms with E-state index in [1.165, 1.54) is 26.6 Å². The number of phenolic OH excluding ortho intramolecular Hbond substituents is 1. The molecule has 0 fully saturated rings. The van der Waals surface area contributed by atoms with Crippen LogP contribution < -0.4 is 9.64 Å². The van der Waals surface area contributed by atoms with Gasteiger partial charge in [-0.15, -0.1) is 0 Å². The first kappa shape index (κ1) is 20.2. The van der Waals surface area contributed by atoms with E-state index in [2.05, 4.69) is 4.98 Å². The molecule has 10 heteroatoms. The van der Waals surface area contributed by atoms with Gasteiger partial charge in [0.15, 0.2) is 11.3 Å². The van der Waals surface area contributed by atoms with Crippen molar-refractivity contribution in [3.8, 4) is 17.6 Å². The molecular formula is C18H16N4O6. The summed E-state index contributed by atoms with van der Waals surface area (Å²) < 4.78 is 4.86. The predicted octanol–water partition coefficient (Wildman–Crippen LogP) is 2.47. The summed E-state index contributed by atoms with van der Waals surface area (Å²) >= 11 is 0. The zero-order valence-corrected chi connectivity index (χ0v) is 15.2. The largest absolute Gasteiger partial charge is 0.506 e. The fraction of sp³-hybridized carbons (Fsp3) is 0.167. The van der Waals surface area contributed by atoms with Crippen LogP contribution in [-0.2, 0) is 4.79 Å². The van der Waals surface area contributed by atoms with Gasteiger partial charge in [0, 0.05) is 24.9 Å². The lowest BCUT2D eigenvalue weighted by Crippen LogP contribution is -2.28. The minimum Gasteiger partial charge on any atom is -0.506 e. The molecule has 0 atom stereocenters. The number of carbonyl (C=O) groups excluding carboxylic acids is 1. The van der Waals surface area contributed by atoms with Gasteiger partial charge in [-0.3, -0.25) is 19.9 Å². The third-order valence-electron chi connectivity index (χ3n) is 3.98. The Balaban J connectivity index is 2.59. The molecule has 28 heavy (non-hydrogen) atoms. The molecule has 2 aromatic rings. The van der Waals surface area contributed by atoms with Gasteiger partial charge in [-0.2, -0.15) is 5.26 Å². The fourth-order valence-corrected chi connectivity index (χ4v) is 2.45. The van der Waals surface area contributed by atoms with Crippen LogP contribution in [0.2, 0.25) is 0 Å². The Hall–Kier alpha value is -4.13. The van der Waals surface area contributed by atoms with Crippen LogP contribution in [0.4, 0.5) is 11.4 Å². The smallest absolute Gasteiger partial charge is 0.315 e. The Bertz CT molecular complexity index is 1030. The molecule has 0 radical (unpaired) electrons. The van der Waals surface area contributed by atoms with Gasteiger partial charge in [0.2, 0.25) is 5.75 Å². The second-order valence-corrected chi connectivity index (χ2v) is 5.67. The topological polar surface area (TPSA) is 150 Å². The molecule has 2 N–H and O–H groups in total. The number of phenols is 1. The van der Waals surface area contributed by atoms with E-state index in [0.717, 1.165) is 17.0 Å². The molecule has 1 heterocycles. The van der Waals surface area contributed by atoms with E-state index in [4.69, 9.17) is 4.74 Å². The highest BCUT2D eigenvalue weighted by Crippen LogP contribution is 2.39. The number of carbonyl (C=O) groups is 1. The molecule has 144 valence electrons. The minimum absolute atomic E-state index is 0.234. The Labute approximate surface area is 159 Å². The number of ether oxygens (including phenoxy) is 1. The number of methoxy groups -OCH3 is 1. The third kappa shape index (κ3) is 3.68. The number of aliphatic hydroxyl groups is 1. The minimum atomic E-state index is -0.881. The Morgan fingerprint density at radius 3 is 2.64 bits per heavy atom. The van der Waals surface area contributed by atoms with Crippen molar-refractivity contribution in [3.05, 3.63) is 57.4 Å². The summed E-state index contributed by atoms with van der Waals surface area (Å²) in [7, 11) is 2.56. The molecule has 0 spiro atoms. The fourth-order valence-electron chi connectivity index (χ4n) is 2.45. The standard InChI is InChI=1S/C18H16N4O6/c1-10-4-5-20-9-14(10)21(2)18(25)12(8-19)16(23)11-6-13(22(26)27)17(24)15(7-11)28-3/h4-7,9,23-24H,1-3H3/b16-12-. The van der Waals surface area contributed by atoms with Crippen molar-refractivity contribution in [2.75, 3.05) is 19.1 Å². The zero-order chi connectivity index (χ0) is 21.0. The summed E-state index contributed by atoms with van der Waals surface area (Å²) in [6, 6.07) is 5.21. The van der Waals surface area contributed by atoms with E-state index in [9.17, 15) is 30.4 Å². The molecule has 0 aliphatic carbocycles. The van der Waals surface area contributed by atoms with Crippen molar-refractivity contribution >= 4 is 23.0 Å². The number of hydrogen-bond donors (Lipinski definition) is 2. The number of likely N-dealkylation sites (N-methyl/N-ethyl adjacent to an activating group) is 1. The molecule has 1 aromatic carbocycles. The monoisotopic (exact) mass is 384 g/mol. The van der Waals surface area contributed by atoms with Crippen LogP contribution in [0.1, 0.15) is 11.1 Å². The summed E-state index contributed by atoms with van der Waals surface area (Å²) in [5.74, 6) is -2.66. The van der Waals surface area contributed by atoms with Crippen LogP contribution in [0.15, 0.2) is 36.2 Å². The van der Waals surface area contributed by atoms with Crippen LogP contribution in [0.3, 0.4) is 0 Å². The first-order valence-electron chi connectivity index (χ1n) is 7.80. The van der Waals surface area contributed by atoms with E-state index in [0.29, 0.717) is 11.3 Å². The molecule has 0 bridgehead atoms. The number of aliphatic hydroxyl groups excluding tert-OH is 1. The second-order valence-electron chi connectivity index (χ2n) is 5.67. The van der Waals surface area contributed by atoms with Crippen molar-refractivity contribution < 1.29 is 24.7 Å². The molecule has 0 aliphatic rings. The van der Waals surface area contributed by atoms with E-state index in [-0.39, 0.29) is 11.3 Å². The van der Waals surface area contributed by atoms with Crippen LogP contribution in [0.5, 0.6) is 11.5 Å². The van der Waals surface area contributed by atoms with Crippen molar-refractivity contribution in [2.24, 2.45) is 0 Å². The van der Waals surface area contributed by atoms with Gasteiger partial charge in [-0.1, -0.05) is 0 Å². The highest BCUT2D eigenvalue weighted by molar-refractivity contribution is 6.12. The lowest BCUT2D eigenvalue weighted by atomic mass is 10.1. The predicted molar refractivity (Wildman–Crippen MR) is 98.9 cm³/mol. The van der Waals surface area contributed by atoms with Gasteiger partial charge in [-0.25, -0.2) is 0 Å². The van der Waals surface area contributed by atoms with Gasteiger partial charge in [0.05, 0.1) is 23.9 Å². The van der Waals surface area contributed by atoms with Gasteiger partial charge < -0.3 is 19.8 Å². The number of aromatic nitrogens is 1. The number of aryl methyl sites for hydroxylation is 1. The molecule has 1 amide bonds. The lowest BCUT2D eigenvalue weighted by Gasteiger charge is -2.19. The molecule has 0 saturated carbocycles. The maximum absolute atomic E-state index is 12.7. The van der Waals surface area contributed by atoms with Crippen LogP contribution >= 0.6 is 0 Å². The first-order valence-corrected chi connectivity index (χ1v) is 7.80. The summed E-state index contributed by atoms with van der Waals surface area (Å²) in [5, 5.41) is 40.8.